The van der Waals surface area contributed by atoms with Gasteiger partial charge < -0.3 is 10.6 Å². The molecule has 1 saturated heterocycles. The molecule has 5 heteroatoms. The highest BCUT2D eigenvalue weighted by Crippen LogP contribution is 1.88. The van der Waals surface area contributed by atoms with Crippen molar-refractivity contribution in [3.8, 4) is 0 Å². The van der Waals surface area contributed by atoms with Gasteiger partial charge in [0.15, 0.2) is 0 Å². The molecule has 0 aromatic rings. The minimum atomic E-state index is -0.211. The normalized spacial score (nSPS) is 25.4. The van der Waals surface area contributed by atoms with Gasteiger partial charge in [0.2, 0.25) is 0 Å². The Morgan fingerprint density at radius 1 is 1.89 bits per heavy atom. The molecule has 0 bridgehead atoms. The number of carbonyl (C=O) groups excluding carboxylic acids is 1. The summed E-state index contributed by atoms with van der Waals surface area (Å²) in [5.74, 6) is 0. The molecule has 2 amide bonds. The highest BCUT2D eigenvalue weighted by molar-refractivity contribution is 5.76. The summed E-state index contributed by atoms with van der Waals surface area (Å²) in [4.78, 5) is 14.2. The van der Waals surface area contributed by atoms with Gasteiger partial charge >= 0.3 is 6.03 Å². The minimum Gasteiger partial charge on any atom is -0.336 e. The molecule has 5 nitrogen and oxygen atoms in total. The third kappa shape index (κ3) is 1.55. The van der Waals surface area contributed by atoms with Gasteiger partial charge in [-0.2, -0.15) is 0 Å². The van der Waals surface area contributed by atoms with Crippen LogP contribution in [0.5, 0.6) is 0 Å². The third-order valence-corrected chi connectivity index (χ3v) is 1.12. The van der Waals surface area contributed by atoms with Crippen molar-refractivity contribution in [3.63, 3.8) is 0 Å². The maximum atomic E-state index is 10.4. The van der Waals surface area contributed by atoms with E-state index < -0.39 is 0 Å². The fourth-order valence-electron chi connectivity index (χ4n) is 0.694. The standard InChI is InChI=1S/C4H8N2O3/c7-4-5-1-3(6-4)2-9-8/h3,8H,1-2H2,(H2,5,6,7). The number of urea groups is 1. The van der Waals surface area contributed by atoms with Crippen LogP contribution in [-0.2, 0) is 4.89 Å². The molecule has 1 heterocycles. The Labute approximate surface area is 51.9 Å². The van der Waals surface area contributed by atoms with Crippen LogP contribution in [0.3, 0.4) is 0 Å². The van der Waals surface area contributed by atoms with Gasteiger partial charge in [0.05, 0.1) is 6.04 Å². The molecular formula is C4H8N2O3. The number of carbonyl (C=O) groups is 1. The lowest BCUT2D eigenvalue weighted by molar-refractivity contribution is -0.245. The Morgan fingerprint density at radius 3 is 3.11 bits per heavy atom. The molecular weight excluding hydrogens is 124 g/mol. The molecule has 1 unspecified atom stereocenters. The lowest BCUT2D eigenvalue weighted by Crippen LogP contribution is -2.30. The molecule has 0 aromatic heterocycles. The van der Waals surface area contributed by atoms with E-state index in [1.807, 2.05) is 0 Å². The zero-order valence-corrected chi connectivity index (χ0v) is 4.76. The van der Waals surface area contributed by atoms with Crippen molar-refractivity contribution in [2.45, 2.75) is 6.04 Å². The summed E-state index contributed by atoms with van der Waals surface area (Å²) in [6, 6.07) is -0.306. The second-order valence-electron chi connectivity index (χ2n) is 1.85. The van der Waals surface area contributed by atoms with E-state index in [0.29, 0.717) is 6.54 Å². The highest BCUT2D eigenvalue weighted by Gasteiger charge is 2.19. The first-order chi connectivity index (χ1) is 4.33. The average molecular weight is 132 g/mol. The Bertz CT molecular complexity index is 116. The van der Waals surface area contributed by atoms with Crippen LogP contribution >= 0.6 is 0 Å². The van der Waals surface area contributed by atoms with E-state index in [1.54, 1.807) is 0 Å². The summed E-state index contributed by atoms with van der Waals surface area (Å²) in [6.07, 6.45) is 0. The molecule has 3 N–H and O–H groups in total. The van der Waals surface area contributed by atoms with Crippen molar-refractivity contribution >= 4 is 6.03 Å². The first-order valence-electron chi connectivity index (χ1n) is 2.63. The molecule has 1 fully saturated rings. The van der Waals surface area contributed by atoms with Gasteiger partial charge in [-0.25, -0.2) is 9.68 Å². The summed E-state index contributed by atoms with van der Waals surface area (Å²) < 4.78 is 0. The predicted octanol–water partition coefficient (Wildman–Crippen LogP) is -0.843. The molecule has 0 radical (unpaired) electrons. The Balaban J connectivity index is 2.22. The van der Waals surface area contributed by atoms with E-state index in [1.165, 1.54) is 0 Å². The molecule has 1 aliphatic heterocycles. The quantitative estimate of drug-likeness (QED) is 0.339. The Kier molecular flexibility index (Phi) is 1.86. The number of rotatable bonds is 2. The van der Waals surface area contributed by atoms with Crippen LogP contribution in [0.4, 0.5) is 4.79 Å². The fraction of sp³-hybridized carbons (Fsp3) is 0.750. The van der Waals surface area contributed by atoms with Gasteiger partial charge in [-0.05, 0) is 0 Å². The minimum absolute atomic E-state index is 0.0949. The largest absolute Gasteiger partial charge is 0.336 e. The molecule has 9 heavy (non-hydrogen) atoms. The van der Waals surface area contributed by atoms with Crippen LogP contribution in [-0.4, -0.2) is 30.5 Å². The fourth-order valence-corrected chi connectivity index (χ4v) is 0.694. The van der Waals surface area contributed by atoms with Gasteiger partial charge in [0, 0.05) is 6.54 Å². The van der Waals surface area contributed by atoms with Crippen LogP contribution in [0.15, 0.2) is 0 Å². The predicted molar refractivity (Wildman–Crippen MR) is 28.9 cm³/mol. The maximum Gasteiger partial charge on any atom is 0.315 e. The molecule has 52 valence electrons. The van der Waals surface area contributed by atoms with E-state index in [4.69, 9.17) is 5.26 Å². The second-order valence-corrected chi connectivity index (χ2v) is 1.85. The Morgan fingerprint density at radius 2 is 2.67 bits per heavy atom. The van der Waals surface area contributed by atoms with Gasteiger partial charge in [-0.15, -0.1) is 0 Å². The highest BCUT2D eigenvalue weighted by atomic mass is 17.1. The van der Waals surface area contributed by atoms with Crippen molar-refractivity contribution in [3.05, 3.63) is 0 Å². The van der Waals surface area contributed by atoms with Gasteiger partial charge in [0.1, 0.15) is 6.61 Å². The van der Waals surface area contributed by atoms with Crippen molar-refractivity contribution in [1.82, 2.24) is 10.6 Å². The lowest BCUT2D eigenvalue weighted by atomic mass is 10.3. The summed E-state index contributed by atoms with van der Waals surface area (Å²) >= 11 is 0. The maximum absolute atomic E-state index is 10.4. The first kappa shape index (κ1) is 6.31. The van der Waals surface area contributed by atoms with Gasteiger partial charge in [-0.1, -0.05) is 0 Å². The van der Waals surface area contributed by atoms with Crippen LogP contribution in [0.25, 0.3) is 0 Å². The van der Waals surface area contributed by atoms with E-state index in [9.17, 15) is 4.79 Å². The van der Waals surface area contributed by atoms with Crippen molar-refractivity contribution in [1.29, 1.82) is 0 Å². The van der Waals surface area contributed by atoms with Crippen molar-refractivity contribution in [2.75, 3.05) is 13.2 Å². The molecule has 0 aromatic carbocycles. The van der Waals surface area contributed by atoms with Crippen LogP contribution in [0.2, 0.25) is 0 Å². The van der Waals surface area contributed by atoms with E-state index in [-0.39, 0.29) is 18.7 Å². The SMILES string of the molecule is O=C1NCC(COO)N1. The monoisotopic (exact) mass is 132 g/mol. The molecule has 1 aliphatic rings. The zero-order chi connectivity index (χ0) is 6.69. The number of hydrogen-bond acceptors (Lipinski definition) is 3. The number of amides is 2. The van der Waals surface area contributed by atoms with Crippen LogP contribution in [0, 0.1) is 0 Å². The Hall–Kier alpha value is -0.810. The van der Waals surface area contributed by atoms with Gasteiger partial charge in [0.25, 0.3) is 0 Å². The number of nitrogens with one attached hydrogen (secondary N) is 2. The van der Waals surface area contributed by atoms with Gasteiger partial charge in [-0.3, -0.25) is 5.26 Å². The van der Waals surface area contributed by atoms with Crippen LogP contribution in [0.1, 0.15) is 0 Å². The molecule has 0 aliphatic carbocycles. The topological polar surface area (TPSA) is 70.6 Å². The zero-order valence-electron chi connectivity index (χ0n) is 4.76. The first-order valence-corrected chi connectivity index (χ1v) is 2.63. The molecule has 1 atom stereocenters. The summed E-state index contributed by atoms with van der Waals surface area (Å²) in [5.41, 5.74) is 0. The smallest absolute Gasteiger partial charge is 0.315 e. The van der Waals surface area contributed by atoms with E-state index >= 15 is 0 Å². The number of hydrogen-bond donors (Lipinski definition) is 3. The summed E-state index contributed by atoms with van der Waals surface area (Å²) in [5, 5.41) is 13.0. The van der Waals surface area contributed by atoms with E-state index in [0.717, 1.165) is 0 Å². The third-order valence-electron chi connectivity index (χ3n) is 1.12. The molecule has 0 spiro atoms. The molecule has 0 saturated carbocycles. The second kappa shape index (κ2) is 2.65. The summed E-state index contributed by atoms with van der Waals surface area (Å²) in [7, 11) is 0. The average Bonchev–Trinajstić information content (AvgIpc) is 2.17. The van der Waals surface area contributed by atoms with Crippen LogP contribution < -0.4 is 10.6 Å². The van der Waals surface area contributed by atoms with E-state index in [2.05, 4.69) is 15.5 Å². The van der Waals surface area contributed by atoms with Crippen molar-refractivity contribution in [2.24, 2.45) is 0 Å². The summed E-state index contributed by atoms with van der Waals surface area (Å²) in [6.45, 7) is 0.651. The lowest BCUT2D eigenvalue weighted by Gasteiger charge is -2.02. The van der Waals surface area contributed by atoms with Crippen molar-refractivity contribution < 1.29 is 14.9 Å². The molecule has 1 rings (SSSR count).